The number of aliphatic hydroxyl groups is 1. The highest BCUT2D eigenvalue weighted by Gasteiger charge is 2.31. The summed E-state index contributed by atoms with van der Waals surface area (Å²) in [6.07, 6.45) is 0.809. The van der Waals surface area contributed by atoms with Gasteiger partial charge in [-0.15, -0.1) is 0 Å². The zero-order valence-electron chi connectivity index (χ0n) is 7.30. The maximum absolute atomic E-state index is 13.1. The minimum Gasteiger partial charge on any atom is -0.396 e. The van der Waals surface area contributed by atoms with E-state index in [1.807, 2.05) is 0 Å². The maximum Gasteiger partial charge on any atom is 0.291 e. The Bertz CT molecular complexity index is 271. The van der Waals surface area contributed by atoms with Crippen LogP contribution in [0.5, 0.6) is 0 Å². The molecule has 4 heteroatoms. The number of alkyl halides is 2. The number of hydrogen-bond donors (Lipinski definition) is 1. The van der Waals surface area contributed by atoms with Gasteiger partial charge in [-0.05, 0) is 18.6 Å². The van der Waals surface area contributed by atoms with Crippen molar-refractivity contribution < 1.29 is 13.9 Å². The van der Waals surface area contributed by atoms with E-state index >= 15 is 0 Å². The molecule has 1 N–H and O–H groups in total. The Labute approximate surface area is 75.2 Å². The highest BCUT2D eigenvalue weighted by Crippen LogP contribution is 2.29. The summed E-state index contributed by atoms with van der Waals surface area (Å²) in [6.45, 7) is 1.24. The Morgan fingerprint density at radius 2 is 2.15 bits per heavy atom. The molecule has 0 aromatic carbocycles. The van der Waals surface area contributed by atoms with Gasteiger partial charge in [-0.2, -0.15) is 8.78 Å². The van der Waals surface area contributed by atoms with E-state index in [0.717, 1.165) is 5.56 Å². The van der Waals surface area contributed by atoms with E-state index in [1.54, 1.807) is 13.0 Å². The Kier molecular flexibility index (Phi) is 2.93. The molecule has 0 fully saturated rings. The van der Waals surface area contributed by atoms with Crippen LogP contribution in [0, 0.1) is 6.92 Å². The maximum atomic E-state index is 13.1. The number of hydrogen-bond acceptors (Lipinski definition) is 2. The van der Waals surface area contributed by atoms with Crippen LogP contribution in [0.4, 0.5) is 8.78 Å². The van der Waals surface area contributed by atoms with Gasteiger partial charge < -0.3 is 5.11 Å². The fourth-order valence-corrected chi connectivity index (χ4v) is 0.953. The largest absolute Gasteiger partial charge is 0.396 e. The minimum atomic E-state index is -3.03. The molecule has 1 aromatic rings. The van der Waals surface area contributed by atoms with Crippen LogP contribution in [0.15, 0.2) is 18.3 Å². The van der Waals surface area contributed by atoms with Crippen molar-refractivity contribution in [3.8, 4) is 0 Å². The quantitative estimate of drug-likeness (QED) is 0.783. The van der Waals surface area contributed by atoms with Crippen LogP contribution in [0.25, 0.3) is 0 Å². The lowest BCUT2D eigenvalue weighted by molar-refractivity contribution is -0.0310. The molecule has 2 nitrogen and oxygen atoms in total. The van der Waals surface area contributed by atoms with Gasteiger partial charge in [0.2, 0.25) is 0 Å². The second-order valence-corrected chi connectivity index (χ2v) is 2.90. The number of aryl methyl sites for hydroxylation is 1. The van der Waals surface area contributed by atoms with Crippen molar-refractivity contribution in [3.05, 3.63) is 29.6 Å². The highest BCUT2D eigenvalue weighted by molar-refractivity contribution is 5.15. The van der Waals surface area contributed by atoms with Crippen LogP contribution in [0.1, 0.15) is 17.7 Å². The van der Waals surface area contributed by atoms with Crippen molar-refractivity contribution in [3.63, 3.8) is 0 Å². The second kappa shape index (κ2) is 3.79. The first-order chi connectivity index (χ1) is 6.06. The molecule has 1 aromatic heterocycles. The molecule has 1 heterocycles. The number of nitrogens with zero attached hydrogens (tertiary/aromatic N) is 1. The van der Waals surface area contributed by atoms with Crippen molar-refractivity contribution in [2.75, 3.05) is 6.61 Å². The molecule has 1 rings (SSSR count). The zero-order valence-corrected chi connectivity index (χ0v) is 7.30. The number of pyridine rings is 1. The third-order valence-electron chi connectivity index (χ3n) is 1.71. The molecule has 0 amide bonds. The molecular formula is C9H11F2NO. The molecule has 0 atom stereocenters. The third kappa shape index (κ3) is 2.45. The van der Waals surface area contributed by atoms with Crippen molar-refractivity contribution in [2.45, 2.75) is 19.3 Å². The summed E-state index contributed by atoms with van der Waals surface area (Å²) in [5, 5.41) is 8.41. The molecule has 0 aliphatic carbocycles. The first-order valence-corrected chi connectivity index (χ1v) is 3.98. The second-order valence-electron chi connectivity index (χ2n) is 2.90. The number of halogens is 2. The summed E-state index contributed by atoms with van der Waals surface area (Å²) >= 11 is 0. The fourth-order valence-electron chi connectivity index (χ4n) is 0.953. The molecule has 0 bridgehead atoms. The van der Waals surface area contributed by atoms with Gasteiger partial charge in [0.15, 0.2) is 0 Å². The van der Waals surface area contributed by atoms with Crippen molar-refractivity contribution in [2.24, 2.45) is 0 Å². The van der Waals surface area contributed by atoms with E-state index < -0.39 is 19.0 Å². The fraction of sp³-hybridized carbons (Fsp3) is 0.444. The van der Waals surface area contributed by atoms with Gasteiger partial charge in [0.25, 0.3) is 5.92 Å². The average molecular weight is 187 g/mol. The van der Waals surface area contributed by atoms with E-state index in [0.29, 0.717) is 0 Å². The Morgan fingerprint density at radius 3 is 2.62 bits per heavy atom. The van der Waals surface area contributed by atoms with Crippen LogP contribution < -0.4 is 0 Å². The topological polar surface area (TPSA) is 33.1 Å². The molecule has 13 heavy (non-hydrogen) atoms. The summed E-state index contributed by atoms with van der Waals surface area (Å²) in [5.41, 5.74) is 0.552. The first kappa shape index (κ1) is 10.1. The molecule has 0 aliphatic heterocycles. The summed E-state index contributed by atoms with van der Waals surface area (Å²) in [4.78, 5) is 3.61. The standard InChI is InChI=1S/C9H11F2NO/c1-7-2-3-8(12-6-7)9(10,11)4-5-13/h2-3,6,13H,4-5H2,1H3. The van der Waals surface area contributed by atoms with Crippen LogP contribution >= 0.6 is 0 Å². The van der Waals surface area contributed by atoms with Gasteiger partial charge in [0.05, 0.1) is 0 Å². The predicted molar refractivity (Wildman–Crippen MR) is 44.6 cm³/mol. The lowest BCUT2D eigenvalue weighted by atomic mass is 10.1. The Morgan fingerprint density at radius 1 is 1.46 bits per heavy atom. The SMILES string of the molecule is Cc1ccc(C(F)(F)CCO)nc1. The van der Waals surface area contributed by atoms with Crippen LogP contribution in [0.3, 0.4) is 0 Å². The van der Waals surface area contributed by atoms with Gasteiger partial charge in [-0.3, -0.25) is 4.98 Å². The molecule has 0 unspecified atom stereocenters. The van der Waals surface area contributed by atoms with Crippen LogP contribution in [0.2, 0.25) is 0 Å². The van der Waals surface area contributed by atoms with Crippen molar-refractivity contribution >= 4 is 0 Å². The van der Waals surface area contributed by atoms with E-state index in [-0.39, 0.29) is 5.69 Å². The number of aromatic nitrogens is 1. The van der Waals surface area contributed by atoms with E-state index in [4.69, 9.17) is 5.11 Å². The summed E-state index contributed by atoms with van der Waals surface area (Å²) in [7, 11) is 0. The summed E-state index contributed by atoms with van der Waals surface area (Å²) in [5.74, 6) is -3.03. The molecule has 72 valence electrons. The first-order valence-electron chi connectivity index (χ1n) is 3.98. The number of aliphatic hydroxyl groups excluding tert-OH is 1. The molecule has 0 saturated heterocycles. The highest BCUT2D eigenvalue weighted by atomic mass is 19.3. The average Bonchev–Trinajstić information content (AvgIpc) is 2.05. The summed E-state index contributed by atoms with van der Waals surface area (Å²) < 4.78 is 26.1. The zero-order chi connectivity index (χ0) is 9.90. The van der Waals surface area contributed by atoms with Gasteiger partial charge >= 0.3 is 0 Å². The molecule has 0 saturated carbocycles. The Balaban J connectivity index is 2.87. The van der Waals surface area contributed by atoms with E-state index in [2.05, 4.69) is 4.98 Å². The van der Waals surface area contributed by atoms with Crippen molar-refractivity contribution in [1.29, 1.82) is 0 Å². The number of rotatable bonds is 3. The Hall–Kier alpha value is -1.03. The molecular weight excluding hydrogens is 176 g/mol. The third-order valence-corrected chi connectivity index (χ3v) is 1.71. The molecule has 0 spiro atoms. The summed E-state index contributed by atoms with van der Waals surface area (Å²) in [6, 6.07) is 2.86. The lowest BCUT2D eigenvalue weighted by Gasteiger charge is -2.13. The van der Waals surface area contributed by atoms with Crippen LogP contribution in [-0.2, 0) is 5.92 Å². The molecule has 0 aliphatic rings. The smallest absolute Gasteiger partial charge is 0.291 e. The van der Waals surface area contributed by atoms with Gasteiger partial charge in [-0.1, -0.05) is 6.07 Å². The van der Waals surface area contributed by atoms with E-state index in [1.165, 1.54) is 12.3 Å². The minimum absolute atomic E-state index is 0.285. The normalized spacial score (nSPS) is 11.7. The van der Waals surface area contributed by atoms with Gasteiger partial charge in [0, 0.05) is 19.2 Å². The monoisotopic (exact) mass is 187 g/mol. The van der Waals surface area contributed by atoms with E-state index in [9.17, 15) is 8.78 Å². The van der Waals surface area contributed by atoms with Gasteiger partial charge in [0.1, 0.15) is 5.69 Å². The lowest BCUT2D eigenvalue weighted by Crippen LogP contribution is -2.16. The molecule has 0 radical (unpaired) electrons. The van der Waals surface area contributed by atoms with Crippen LogP contribution in [-0.4, -0.2) is 16.7 Å². The van der Waals surface area contributed by atoms with Gasteiger partial charge in [-0.25, -0.2) is 0 Å². The predicted octanol–water partition coefficient (Wildman–Crippen LogP) is 1.86. The van der Waals surface area contributed by atoms with Crippen molar-refractivity contribution in [1.82, 2.24) is 4.98 Å².